The molecule has 7 heteroatoms. The summed E-state index contributed by atoms with van der Waals surface area (Å²) >= 11 is 6.42. The van der Waals surface area contributed by atoms with Crippen LogP contribution in [0.3, 0.4) is 0 Å². The first-order valence-electron chi connectivity index (χ1n) is 5.03. The third-order valence-electron chi connectivity index (χ3n) is 2.03. The lowest BCUT2D eigenvalue weighted by atomic mass is 10.2. The van der Waals surface area contributed by atoms with Gasteiger partial charge in [-0.25, -0.2) is 9.97 Å². The summed E-state index contributed by atoms with van der Waals surface area (Å²) in [6.45, 7) is 0. The van der Waals surface area contributed by atoms with Crippen molar-refractivity contribution in [1.29, 1.82) is 0 Å². The molecular formula is C11H8Br2N4O. The average molecular weight is 372 g/mol. The summed E-state index contributed by atoms with van der Waals surface area (Å²) in [6, 6.07) is 5.44. The maximum absolute atomic E-state index is 11.8. The average Bonchev–Trinajstić information content (AvgIpc) is 2.34. The van der Waals surface area contributed by atoms with E-state index in [0.717, 1.165) is 0 Å². The SMILES string of the molecule is O=C(Cc1ccccn1)Nc1ncc(Br)nc1Br. The summed E-state index contributed by atoms with van der Waals surface area (Å²) in [5.41, 5.74) is 0.705. The lowest BCUT2D eigenvalue weighted by Crippen LogP contribution is -2.16. The number of anilines is 1. The van der Waals surface area contributed by atoms with Gasteiger partial charge in [-0.15, -0.1) is 0 Å². The van der Waals surface area contributed by atoms with Crippen LogP contribution in [-0.2, 0) is 11.2 Å². The predicted octanol–water partition coefficient (Wildman–Crippen LogP) is 2.58. The van der Waals surface area contributed by atoms with Gasteiger partial charge in [0.1, 0.15) is 9.21 Å². The first-order chi connectivity index (χ1) is 8.65. The summed E-state index contributed by atoms with van der Waals surface area (Å²) < 4.78 is 1.07. The Balaban J connectivity index is 2.03. The van der Waals surface area contributed by atoms with Gasteiger partial charge in [-0.3, -0.25) is 9.78 Å². The number of carbonyl (C=O) groups excluding carboxylic acids is 1. The largest absolute Gasteiger partial charge is 0.308 e. The fourth-order valence-corrected chi connectivity index (χ4v) is 2.18. The van der Waals surface area contributed by atoms with Gasteiger partial charge < -0.3 is 5.32 Å². The molecule has 18 heavy (non-hydrogen) atoms. The van der Waals surface area contributed by atoms with Gasteiger partial charge in [0, 0.05) is 11.9 Å². The van der Waals surface area contributed by atoms with Crippen molar-refractivity contribution in [3.05, 3.63) is 45.5 Å². The molecule has 0 saturated carbocycles. The summed E-state index contributed by atoms with van der Waals surface area (Å²) in [5.74, 6) is 0.199. The number of pyridine rings is 1. The molecule has 5 nitrogen and oxygen atoms in total. The van der Waals surface area contributed by atoms with Crippen LogP contribution in [0.5, 0.6) is 0 Å². The number of halogens is 2. The Labute approximate surface area is 120 Å². The smallest absolute Gasteiger partial charge is 0.231 e. The standard InChI is InChI=1S/C11H8Br2N4O/c12-8-6-15-11(10(13)16-8)17-9(18)5-7-3-1-2-4-14-7/h1-4,6H,5H2,(H,15,17,18). The molecule has 0 spiro atoms. The highest BCUT2D eigenvalue weighted by Gasteiger charge is 2.09. The van der Waals surface area contributed by atoms with Crippen molar-refractivity contribution in [3.63, 3.8) is 0 Å². The van der Waals surface area contributed by atoms with E-state index in [4.69, 9.17) is 0 Å². The van der Waals surface area contributed by atoms with Crippen molar-refractivity contribution in [2.75, 3.05) is 5.32 Å². The topological polar surface area (TPSA) is 67.8 Å². The lowest BCUT2D eigenvalue weighted by Gasteiger charge is -2.05. The first kappa shape index (κ1) is 13.1. The van der Waals surface area contributed by atoms with E-state index in [1.165, 1.54) is 6.20 Å². The fourth-order valence-electron chi connectivity index (χ4n) is 1.27. The Bertz CT molecular complexity index is 562. The lowest BCUT2D eigenvalue weighted by molar-refractivity contribution is -0.115. The molecule has 0 aliphatic carbocycles. The number of rotatable bonds is 3. The number of hydrogen-bond acceptors (Lipinski definition) is 4. The Morgan fingerprint density at radius 3 is 2.78 bits per heavy atom. The Hall–Kier alpha value is -1.34. The summed E-state index contributed by atoms with van der Waals surface area (Å²) in [6.07, 6.45) is 3.37. The molecule has 0 bridgehead atoms. The van der Waals surface area contributed by atoms with Crippen LogP contribution in [0.25, 0.3) is 0 Å². The Kier molecular flexibility index (Phi) is 4.38. The summed E-state index contributed by atoms with van der Waals surface area (Å²) in [7, 11) is 0. The van der Waals surface area contributed by atoms with Crippen LogP contribution in [0.2, 0.25) is 0 Å². The third-order valence-corrected chi connectivity index (χ3v) is 2.96. The second-order valence-corrected chi connectivity index (χ2v) is 4.94. The molecule has 0 aromatic carbocycles. The number of nitrogens with zero attached hydrogens (tertiary/aromatic N) is 3. The molecule has 2 aromatic rings. The minimum atomic E-state index is -0.189. The number of nitrogens with one attached hydrogen (secondary N) is 1. The highest BCUT2D eigenvalue weighted by atomic mass is 79.9. The summed E-state index contributed by atoms with van der Waals surface area (Å²) in [5, 5.41) is 2.67. The van der Waals surface area contributed by atoms with E-state index in [-0.39, 0.29) is 12.3 Å². The van der Waals surface area contributed by atoms with Gasteiger partial charge >= 0.3 is 0 Å². The Morgan fingerprint density at radius 1 is 1.28 bits per heavy atom. The first-order valence-corrected chi connectivity index (χ1v) is 6.61. The highest BCUT2D eigenvalue weighted by molar-refractivity contribution is 9.11. The van der Waals surface area contributed by atoms with Crippen molar-refractivity contribution < 1.29 is 4.79 Å². The van der Waals surface area contributed by atoms with Crippen molar-refractivity contribution >= 4 is 43.6 Å². The van der Waals surface area contributed by atoms with Gasteiger partial charge in [-0.2, -0.15) is 0 Å². The number of amides is 1. The van der Waals surface area contributed by atoms with E-state index in [0.29, 0.717) is 20.7 Å². The number of carbonyl (C=O) groups is 1. The van der Waals surface area contributed by atoms with Crippen LogP contribution < -0.4 is 5.32 Å². The van der Waals surface area contributed by atoms with Crippen molar-refractivity contribution in [2.24, 2.45) is 0 Å². The maximum atomic E-state index is 11.8. The molecule has 0 aliphatic heterocycles. The zero-order valence-electron chi connectivity index (χ0n) is 9.10. The molecular weight excluding hydrogens is 364 g/mol. The molecule has 0 radical (unpaired) electrons. The molecule has 0 saturated heterocycles. The minimum absolute atomic E-state index is 0.189. The van der Waals surface area contributed by atoms with Crippen molar-refractivity contribution in [2.45, 2.75) is 6.42 Å². The van der Waals surface area contributed by atoms with E-state index < -0.39 is 0 Å². The fraction of sp³-hybridized carbons (Fsp3) is 0.0909. The maximum Gasteiger partial charge on any atom is 0.231 e. The Morgan fingerprint density at radius 2 is 2.11 bits per heavy atom. The zero-order valence-corrected chi connectivity index (χ0v) is 12.3. The van der Waals surface area contributed by atoms with E-state index in [1.54, 1.807) is 18.3 Å². The van der Waals surface area contributed by atoms with Gasteiger partial charge in [0.25, 0.3) is 0 Å². The minimum Gasteiger partial charge on any atom is -0.308 e. The monoisotopic (exact) mass is 370 g/mol. The molecule has 1 amide bonds. The van der Waals surface area contributed by atoms with Gasteiger partial charge in [-0.05, 0) is 44.0 Å². The second-order valence-electron chi connectivity index (χ2n) is 3.38. The van der Waals surface area contributed by atoms with Gasteiger partial charge in [-0.1, -0.05) is 6.07 Å². The molecule has 92 valence electrons. The van der Waals surface area contributed by atoms with E-state index in [2.05, 4.69) is 52.1 Å². The normalized spacial score (nSPS) is 10.1. The molecule has 2 heterocycles. The molecule has 0 fully saturated rings. The molecule has 0 atom stereocenters. The van der Waals surface area contributed by atoms with Crippen LogP contribution in [0.4, 0.5) is 5.82 Å². The van der Waals surface area contributed by atoms with Crippen LogP contribution >= 0.6 is 31.9 Å². The van der Waals surface area contributed by atoms with Gasteiger partial charge in [0.05, 0.1) is 12.6 Å². The van der Waals surface area contributed by atoms with E-state index in [1.807, 2.05) is 6.07 Å². The van der Waals surface area contributed by atoms with Crippen LogP contribution in [0, 0.1) is 0 Å². The number of aromatic nitrogens is 3. The van der Waals surface area contributed by atoms with E-state index >= 15 is 0 Å². The second kappa shape index (κ2) is 6.01. The number of hydrogen-bond donors (Lipinski definition) is 1. The third kappa shape index (κ3) is 3.58. The van der Waals surface area contributed by atoms with Crippen LogP contribution in [0.1, 0.15) is 5.69 Å². The molecule has 2 rings (SSSR count). The molecule has 1 N–H and O–H groups in total. The quantitative estimate of drug-likeness (QED) is 0.900. The molecule has 0 unspecified atom stereocenters. The van der Waals surface area contributed by atoms with Crippen LogP contribution in [-0.4, -0.2) is 20.9 Å². The molecule has 2 aromatic heterocycles. The van der Waals surface area contributed by atoms with Crippen molar-refractivity contribution in [3.8, 4) is 0 Å². The van der Waals surface area contributed by atoms with Gasteiger partial charge in [0.2, 0.25) is 5.91 Å². The van der Waals surface area contributed by atoms with E-state index in [9.17, 15) is 4.79 Å². The molecule has 0 aliphatic rings. The highest BCUT2D eigenvalue weighted by Crippen LogP contribution is 2.19. The predicted molar refractivity (Wildman–Crippen MR) is 74.0 cm³/mol. The van der Waals surface area contributed by atoms with Crippen molar-refractivity contribution in [1.82, 2.24) is 15.0 Å². The zero-order chi connectivity index (χ0) is 13.0. The van der Waals surface area contributed by atoms with Crippen LogP contribution in [0.15, 0.2) is 39.8 Å². The van der Waals surface area contributed by atoms with Gasteiger partial charge in [0.15, 0.2) is 5.82 Å². The summed E-state index contributed by atoms with van der Waals surface area (Å²) in [4.78, 5) is 24.0.